The van der Waals surface area contributed by atoms with Gasteiger partial charge in [0.2, 0.25) is 0 Å². The number of hydrogen-bond donors (Lipinski definition) is 2. The van der Waals surface area contributed by atoms with Crippen LogP contribution in [-0.4, -0.2) is 29.5 Å². The van der Waals surface area contributed by atoms with Crippen molar-refractivity contribution in [3.05, 3.63) is 40.0 Å². The van der Waals surface area contributed by atoms with Gasteiger partial charge < -0.3 is 14.9 Å². The third-order valence-electron chi connectivity index (χ3n) is 2.55. The molecule has 0 aliphatic carbocycles. The van der Waals surface area contributed by atoms with Crippen molar-refractivity contribution < 1.29 is 19.3 Å². The van der Waals surface area contributed by atoms with E-state index in [0.29, 0.717) is 12.4 Å². The minimum atomic E-state index is -1.37. The molecule has 0 aliphatic rings. The summed E-state index contributed by atoms with van der Waals surface area (Å²) in [5, 5.41) is 22.7. The first-order chi connectivity index (χ1) is 9.10. The molecule has 0 radical (unpaired) electrons. The molecule has 2 unspecified atom stereocenters. The van der Waals surface area contributed by atoms with Gasteiger partial charge in [-0.1, -0.05) is 5.11 Å². The zero-order chi connectivity index (χ0) is 14.3. The molecule has 2 atom stereocenters. The first-order valence-corrected chi connectivity index (χ1v) is 5.89. The highest BCUT2D eigenvalue weighted by molar-refractivity contribution is 5.30. The molecule has 0 amide bonds. The number of nitrogens with zero attached hydrogens (tertiary/aromatic N) is 3. The van der Waals surface area contributed by atoms with Crippen LogP contribution in [0.3, 0.4) is 0 Å². The Morgan fingerprint density at radius 3 is 2.79 bits per heavy atom. The fourth-order valence-electron chi connectivity index (χ4n) is 1.60. The number of halogens is 1. The highest BCUT2D eigenvalue weighted by Gasteiger charge is 2.21. The lowest BCUT2D eigenvalue weighted by Crippen LogP contribution is -2.20. The van der Waals surface area contributed by atoms with Crippen LogP contribution >= 0.6 is 0 Å². The van der Waals surface area contributed by atoms with Crippen molar-refractivity contribution in [3.8, 4) is 5.75 Å². The Bertz CT molecular complexity index is 464. The van der Waals surface area contributed by atoms with Crippen molar-refractivity contribution in [3.63, 3.8) is 0 Å². The highest BCUT2D eigenvalue weighted by atomic mass is 19.1. The smallest absolute Gasteiger partial charge is 0.132 e. The second kappa shape index (κ2) is 7.58. The average Bonchev–Trinajstić information content (AvgIpc) is 2.39. The van der Waals surface area contributed by atoms with Gasteiger partial charge in [0.15, 0.2) is 0 Å². The average molecular weight is 269 g/mol. The van der Waals surface area contributed by atoms with Crippen LogP contribution in [0, 0.1) is 5.82 Å². The van der Waals surface area contributed by atoms with Crippen LogP contribution in [0.1, 0.15) is 25.0 Å². The van der Waals surface area contributed by atoms with Crippen LogP contribution in [-0.2, 0) is 0 Å². The molecule has 7 heteroatoms. The van der Waals surface area contributed by atoms with Crippen molar-refractivity contribution in [2.75, 3.05) is 13.2 Å². The lowest BCUT2D eigenvalue weighted by atomic mass is 10.0. The minimum absolute atomic E-state index is 0.0168. The van der Waals surface area contributed by atoms with Crippen molar-refractivity contribution >= 4 is 0 Å². The lowest BCUT2D eigenvalue weighted by molar-refractivity contribution is 0.0129. The summed E-state index contributed by atoms with van der Waals surface area (Å²) in [5.74, 6) is -0.291. The summed E-state index contributed by atoms with van der Waals surface area (Å²) in [6.45, 7) is 2.23. The number of rotatable bonds is 7. The van der Waals surface area contributed by atoms with E-state index < -0.39 is 18.0 Å². The predicted molar refractivity (Wildman–Crippen MR) is 67.2 cm³/mol. The Morgan fingerprint density at radius 2 is 2.21 bits per heavy atom. The van der Waals surface area contributed by atoms with E-state index in [1.54, 1.807) is 6.92 Å². The molecule has 1 rings (SSSR count). The quantitative estimate of drug-likeness (QED) is 0.451. The fraction of sp³-hybridized carbons (Fsp3) is 0.500. The molecular weight excluding hydrogens is 253 g/mol. The summed E-state index contributed by atoms with van der Waals surface area (Å²) in [7, 11) is 0. The summed E-state index contributed by atoms with van der Waals surface area (Å²) in [5.41, 5.74) is 8.08. The van der Waals surface area contributed by atoms with E-state index >= 15 is 0 Å². The van der Waals surface area contributed by atoms with Gasteiger partial charge in [-0.3, -0.25) is 0 Å². The van der Waals surface area contributed by atoms with E-state index in [2.05, 4.69) is 10.0 Å². The minimum Gasteiger partial charge on any atom is -0.494 e. The standard InChI is InChI=1S/C12H16FN3O3/c1-2-19-8-3-4-9(10(13)7-8)12(18)11(17)5-6-15-16-14/h3-4,7,11-12,17-18H,2,5-6H2,1H3. The maximum atomic E-state index is 13.7. The normalized spacial score (nSPS) is 13.5. The van der Waals surface area contributed by atoms with E-state index in [-0.39, 0.29) is 18.5 Å². The summed E-state index contributed by atoms with van der Waals surface area (Å²) in [6, 6.07) is 4.04. The van der Waals surface area contributed by atoms with E-state index in [0.717, 1.165) is 6.07 Å². The topological polar surface area (TPSA) is 98.5 Å². The molecule has 0 saturated carbocycles. The summed E-state index contributed by atoms with van der Waals surface area (Å²) in [6.07, 6.45) is -2.51. The summed E-state index contributed by atoms with van der Waals surface area (Å²) in [4.78, 5) is 2.53. The van der Waals surface area contributed by atoms with Gasteiger partial charge in [0.25, 0.3) is 0 Å². The molecule has 0 aromatic heterocycles. The molecule has 1 aromatic rings. The molecule has 1 aromatic carbocycles. The molecule has 2 N–H and O–H groups in total. The molecule has 19 heavy (non-hydrogen) atoms. The molecule has 0 bridgehead atoms. The first kappa shape index (κ1) is 15.2. The first-order valence-electron chi connectivity index (χ1n) is 5.89. The number of benzene rings is 1. The Kier molecular flexibility index (Phi) is 6.08. The Labute approximate surface area is 110 Å². The van der Waals surface area contributed by atoms with E-state index in [1.807, 2.05) is 0 Å². The van der Waals surface area contributed by atoms with Crippen LogP contribution < -0.4 is 4.74 Å². The van der Waals surface area contributed by atoms with Gasteiger partial charge in [0.1, 0.15) is 17.7 Å². The van der Waals surface area contributed by atoms with E-state index in [9.17, 15) is 14.6 Å². The SMILES string of the molecule is CCOc1ccc(C(O)C(O)CCN=[N+]=[N-])c(F)c1. The fourth-order valence-corrected chi connectivity index (χ4v) is 1.60. The highest BCUT2D eigenvalue weighted by Crippen LogP contribution is 2.25. The van der Waals surface area contributed by atoms with Gasteiger partial charge in [-0.15, -0.1) is 0 Å². The van der Waals surface area contributed by atoms with E-state index in [4.69, 9.17) is 10.3 Å². The predicted octanol–water partition coefficient (Wildman–Crippen LogP) is 2.32. The van der Waals surface area contributed by atoms with Crippen molar-refractivity contribution in [1.82, 2.24) is 0 Å². The van der Waals surface area contributed by atoms with Crippen molar-refractivity contribution in [1.29, 1.82) is 0 Å². The molecule has 6 nitrogen and oxygen atoms in total. The van der Waals surface area contributed by atoms with Crippen LogP contribution in [0.25, 0.3) is 10.4 Å². The van der Waals surface area contributed by atoms with Crippen molar-refractivity contribution in [2.24, 2.45) is 5.11 Å². The van der Waals surface area contributed by atoms with Gasteiger partial charge in [0.05, 0.1) is 12.7 Å². The number of ether oxygens (including phenoxy) is 1. The molecule has 104 valence electrons. The van der Waals surface area contributed by atoms with E-state index in [1.165, 1.54) is 12.1 Å². The van der Waals surface area contributed by atoms with Crippen molar-refractivity contribution in [2.45, 2.75) is 25.6 Å². The summed E-state index contributed by atoms with van der Waals surface area (Å²) >= 11 is 0. The molecule has 0 spiro atoms. The zero-order valence-electron chi connectivity index (χ0n) is 10.5. The number of aliphatic hydroxyl groups excluding tert-OH is 2. The number of aliphatic hydroxyl groups is 2. The zero-order valence-corrected chi connectivity index (χ0v) is 10.5. The number of azide groups is 1. The second-order valence-corrected chi connectivity index (χ2v) is 3.87. The Hall–Kier alpha value is -1.82. The van der Waals surface area contributed by atoms with Crippen LogP contribution in [0.2, 0.25) is 0 Å². The maximum Gasteiger partial charge on any atom is 0.132 e. The van der Waals surface area contributed by atoms with Gasteiger partial charge in [-0.05, 0) is 31.0 Å². The Balaban J connectivity index is 2.75. The van der Waals surface area contributed by atoms with Gasteiger partial charge in [0, 0.05) is 23.1 Å². The Morgan fingerprint density at radius 1 is 1.47 bits per heavy atom. The molecular formula is C12H16FN3O3. The monoisotopic (exact) mass is 269 g/mol. The van der Waals surface area contributed by atoms with Crippen LogP contribution in [0.15, 0.2) is 23.3 Å². The number of hydrogen-bond acceptors (Lipinski definition) is 4. The van der Waals surface area contributed by atoms with Gasteiger partial charge in [-0.2, -0.15) is 0 Å². The lowest BCUT2D eigenvalue weighted by Gasteiger charge is -2.18. The molecule has 0 saturated heterocycles. The van der Waals surface area contributed by atoms with Gasteiger partial charge >= 0.3 is 0 Å². The summed E-state index contributed by atoms with van der Waals surface area (Å²) < 4.78 is 18.9. The van der Waals surface area contributed by atoms with Gasteiger partial charge in [-0.25, -0.2) is 4.39 Å². The molecule has 0 aliphatic heterocycles. The van der Waals surface area contributed by atoms with Crippen LogP contribution in [0.4, 0.5) is 4.39 Å². The third kappa shape index (κ3) is 4.40. The molecule has 0 fully saturated rings. The molecule has 0 heterocycles. The second-order valence-electron chi connectivity index (χ2n) is 3.87. The largest absolute Gasteiger partial charge is 0.494 e. The third-order valence-corrected chi connectivity index (χ3v) is 2.55. The van der Waals surface area contributed by atoms with Crippen LogP contribution in [0.5, 0.6) is 5.75 Å². The maximum absolute atomic E-state index is 13.7.